The van der Waals surface area contributed by atoms with Crippen LogP contribution >= 0.6 is 0 Å². The summed E-state index contributed by atoms with van der Waals surface area (Å²) in [6.45, 7) is 3.76. The Morgan fingerprint density at radius 3 is 2.91 bits per heavy atom. The molecule has 0 radical (unpaired) electrons. The van der Waals surface area contributed by atoms with Gasteiger partial charge in [-0.1, -0.05) is 18.1 Å². The van der Waals surface area contributed by atoms with Crippen molar-refractivity contribution in [1.82, 2.24) is 5.32 Å². The Kier molecular flexibility index (Phi) is 8.64. The van der Waals surface area contributed by atoms with Crippen LogP contribution in [0.15, 0.2) is 17.3 Å². The first-order chi connectivity index (χ1) is 10.6. The van der Waals surface area contributed by atoms with Gasteiger partial charge < -0.3 is 15.3 Å². The molecular weight excluding hydrogens is 302 g/mol. The van der Waals surface area contributed by atoms with Crippen molar-refractivity contribution >= 4 is 27.6 Å². The maximum atomic E-state index is 11.1. The minimum atomic E-state index is -0.728. The average molecular weight is 327 g/mol. The van der Waals surface area contributed by atoms with Gasteiger partial charge in [-0.05, 0) is 25.7 Å². The van der Waals surface area contributed by atoms with Crippen LogP contribution in [0.2, 0.25) is 6.04 Å². The molecule has 124 valence electrons. The van der Waals surface area contributed by atoms with Crippen LogP contribution in [-0.2, 0) is 19.2 Å². The third-order valence-corrected chi connectivity index (χ3v) is 5.44. The summed E-state index contributed by atoms with van der Waals surface area (Å²) in [5.41, 5.74) is 4.85. The van der Waals surface area contributed by atoms with Crippen molar-refractivity contribution in [3.63, 3.8) is 0 Å². The first kappa shape index (κ1) is 18.5. The molecule has 0 aromatic carbocycles. The molecule has 1 atom stereocenters. The number of ether oxygens (including phenoxy) is 1. The topological polar surface area (TPSA) is 103 Å². The predicted octanol–water partition coefficient (Wildman–Crippen LogP) is -0.00210. The van der Waals surface area contributed by atoms with E-state index in [-0.39, 0.29) is 14.9 Å². The Bertz CT molecular complexity index is 415. The summed E-state index contributed by atoms with van der Waals surface area (Å²) in [7, 11) is -0.314. The summed E-state index contributed by atoms with van der Waals surface area (Å²) in [5.74, 6) is -1.43. The van der Waals surface area contributed by atoms with E-state index in [0.717, 1.165) is 38.1 Å². The van der Waals surface area contributed by atoms with Crippen LogP contribution in [-0.4, -0.2) is 46.1 Å². The molecule has 0 aromatic rings. The highest BCUT2D eigenvalue weighted by molar-refractivity contribution is 6.39. The number of hydrogen-bond acceptors (Lipinski definition) is 6. The number of nitrogens with zero attached hydrogens (tertiary/aromatic N) is 1. The first-order valence-electron chi connectivity index (χ1n) is 7.67. The molecule has 0 spiro atoms. The van der Waals surface area contributed by atoms with E-state index in [0.29, 0.717) is 6.42 Å². The average Bonchev–Trinajstić information content (AvgIpc) is 2.50. The smallest absolute Gasteiger partial charge is 0.358 e. The van der Waals surface area contributed by atoms with E-state index in [4.69, 9.17) is 10.5 Å². The van der Waals surface area contributed by atoms with Crippen LogP contribution in [0.1, 0.15) is 32.6 Å². The monoisotopic (exact) mass is 327 g/mol. The molecular formula is C14H25N3O4Si. The van der Waals surface area contributed by atoms with E-state index in [2.05, 4.69) is 22.2 Å². The molecule has 8 heteroatoms. The second-order valence-corrected chi connectivity index (χ2v) is 7.84. The molecule has 1 aliphatic heterocycles. The van der Waals surface area contributed by atoms with Gasteiger partial charge in [0.1, 0.15) is 0 Å². The standard InChI is InChI=1S/C14H25N3O4Si/c1-2-22-14(8-3-4-11-20-14)16-9-5-10-17-21-13(19)7-6-12(15)18/h6-7,10,16H,2-5,8-9,11,22H2,1H3,(H2,15,18)/b7-6-,17-10?. The fraction of sp³-hybridized carbons (Fsp3) is 0.643. The zero-order chi connectivity index (χ0) is 16.3. The zero-order valence-electron chi connectivity index (χ0n) is 13.0. The third kappa shape index (κ3) is 7.48. The van der Waals surface area contributed by atoms with Crippen LogP contribution in [0.3, 0.4) is 0 Å². The molecule has 22 heavy (non-hydrogen) atoms. The number of primary amides is 1. The van der Waals surface area contributed by atoms with Gasteiger partial charge in [0.2, 0.25) is 5.91 Å². The molecule has 0 bridgehead atoms. The molecule has 0 aromatic heterocycles. The maximum absolute atomic E-state index is 11.1. The van der Waals surface area contributed by atoms with Crippen molar-refractivity contribution in [2.24, 2.45) is 10.9 Å². The minimum Gasteiger partial charge on any atom is -0.366 e. The lowest BCUT2D eigenvalue weighted by Crippen LogP contribution is -2.54. The molecule has 1 aliphatic rings. The van der Waals surface area contributed by atoms with Crippen LogP contribution in [0.25, 0.3) is 0 Å². The quantitative estimate of drug-likeness (QED) is 0.155. The molecule has 1 heterocycles. The van der Waals surface area contributed by atoms with Gasteiger partial charge in [0, 0.05) is 31.5 Å². The maximum Gasteiger partial charge on any atom is 0.358 e. The fourth-order valence-corrected chi connectivity index (χ4v) is 4.32. The number of amides is 1. The lowest BCUT2D eigenvalue weighted by molar-refractivity contribution is -0.137. The molecule has 0 saturated carbocycles. The van der Waals surface area contributed by atoms with Gasteiger partial charge >= 0.3 is 5.97 Å². The van der Waals surface area contributed by atoms with Gasteiger partial charge in [-0.3, -0.25) is 10.1 Å². The molecule has 3 N–H and O–H groups in total. The summed E-state index contributed by atoms with van der Waals surface area (Å²) in [6.07, 6.45) is 7.45. The van der Waals surface area contributed by atoms with Gasteiger partial charge in [-0.15, -0.1) is 0 Å². The Labute approximate surface area is 133 Å². The molecule has 7 nitrogen and oxygen atoms in total. The van der Waals surface area contributed by atoms with Crippen molar-refractivity contribution in [3.05, 3.63) is 12.2 Å². The number of nitrogens with two attached hydrogens (primary N) is 1. The number of carbonyl (C=O) groups excluding carboxylic acids is 2. The number of nitrogens with one attached hydrogen (secondary N) is 1. The predicted molar refractivity (Wildman–Crippen MR) is 87.1 cm³/mol. The SMILES string of the molecule is CC[SiH2]C1(NCCC=NOC(=O)/C=C\C(N)=O)CCCCO1. The van der Waals surface area contributed by atoms with Crippen molar-refractivity contribution in [3.8, 4) is 0 Å². The largest absolute Gasteiger partial charge is 0.366 e. The van der Waals surface area contributed by atoms with Crippen molar-refractivity contribution in [2.75, 3.05) is 13.2 Å². The number of rotatable bonds is 9. The molecule has 1 saturated heterocycles. The number of hydrogen-bond donors (Lipinski definition) is 2. The lowest BCUT2D eigenvalue weighted by atomic mass is 10.2. The Morgan fingerprint density at radius 1 is 1.45 bits per heavy atom. The number of carbonyl (C=O) groups is 2. The summed E-state index contributed by atoms with van der Waals surface area (Å²) in [6, 6.07) is 1.20. The summed E-state index contributed by atoms with van der Waals surface area (Å²) >= 11 is 0. The van der Waals surface area contributed by atoms with Crippen molar-refractivity contribution in [1.29, 1.82) is 0 Å². The second kappa shape index (κ2) is 10.3. The second-order valence-electron chi connectivity index (χ2n) is 5.20. The molecule has 0 aliphatic carbocycles. The fourth-order valence-electron chi connectivity index (χ4n) is 2.37. The van der Waals surface area contributed by atoms with Gasteiger partial charge in [-0.25, -0.2) is 4.79 Å². The summed E-state index contributed by atoms with van der Waals surface area (Å²) < 4.78 is 5.97. The summed E-state index contributed by atoms with van der Waals surface area (Å²) in [5, 5.41) is 6.97. The van der Waals surface area contributed by atoms with Crippen molar-refractivity contribution in [2.45, 2.75) is 44.0 Å². The van der Waals surface area contributed by atoms with Gasteiger partial charge in [0.25, 0.3) is 0 Å². The van der Waals surface area contributed by atoms with E-state index >= 15 is 0 Å². The van der Waals surface area contributed by atoms with E-state index in [1.165, 1.54) is 18.7 Å². The van der Waals surface area contributed by atoms with E-state index in [1.807, 2.05) is 0 Å². The van der Waals surface area contributed by atoms with Crippen LogP contribution < -0.4 is 11.1 Å². The van der Waals surface area contributed by atoms with Crippen LogP contribution in [0.5, 0.6) is 0 Å². The van der Waals surface area contributed by atoms with E-state index in [9.17, 15) is 9.59 Å². The van der Waals surface area contributed by atoms with Gasteiger partial charge in [-0.2, -0.15) is 0 Å². The first-order valence-corrected chi connectivity index (χ1v) is 9.38. The van der Waals surface area contributed by atoms with Gasteiger partial charge in [0.05, 0.1) is 14.9 Å². The van der Waals surface area contributed by atoms with E-state index < -0.39 is 11.9 Å². The van der Waals surface area contributed by atoms with Crippen molar-refractivity contribution < 1.29 is 19.2 Å². The lowest BCUT2D eigenvalue weighted by Gasteiger charge is -2.38. The summed E-state index contributed by atoms with van der Waals surface area (Å²) in [4.78, 5) is 26.1. The molecule has 1 amide bonds. The zero-order valence-corrected chi connectivity index (χ0v) is 14.5. The highest BCUT2D eigenvalue weighted by Crippen LogP contribution is 2.22. The van der Waals surface area contributed by atoms with Crippen LogP contribution in [0, 0.1) is 0 Å². The Balaban J connectivity index is 2.24. The van der Waals surface area contributed by atoms with Gasteiger partial charge in [0.15, 0.2) is 0 Å². The molecule has 1 unspecified atom stereocenters. The third-order valence-electron chi connectivity index (χ3n) is 3.33. The number of oxime groups is 1. The van der Waals surface area contributed by atoms with E-state index in [1.54, 1.807) is 0 Å². The normalized spacial score (nSPS) is 22.8. The highest BCUT2D eigenvalue weighted by atomic mass is 28.2. The Hall–Kier alpha value is -1.51. The van der Waals surface area contributed by atoms with Crippen LogP contribution in [0.4, 0.5) is 0 Å². The molecule has 1 rings (SSSR count). The molecule has 1 fully saturated rings. The Morgan fingerprint density at radius 2 is 2.27 bits per heavy atom. The minimum absolute atomic E-state index is 0.0816. The highest BCUT2D eigenvalue weighted by Gasteiger charge is 2.31.